The van der Waals surface area contributed by atoms with Crippen LogP contribution < -0.4 is 10.2 Å². The summed E-state index contributed by atoms with van der Waals surface area (Å²) in [7, 11) is 0. The Morgan fingerprint density at radius 2 is 1.84 bits per heavy atom. The number of rotatable bonds is 4. The first-order valence-corrected chi connectivity index (χ1v) is 7.91. The van der Waals surface area contributed by atoms with Gasteiger partial charge in [0.15, 0.2) is 0 Å². The molecule has 2 heteroatoms. The molecule has 2 nitrogen and oxygen atoms in total. The molecule has 0 radical (unpaired) electrons. The lowest BCUT2D eigenvalue weighted by atomic mass is 10.1. The number of hydrogen-bond donors (Lipinski definition) is 1. The Labute approximate surface area is 117 Å². The molecule has 1 saturated heterocycles. The first-order chi connectivity index (χ1) is 9.33. The molecule has 1 aliphatic carbocycles. The molecule has 1 aromatic carbocycles. The van der Waals surface area contributed by atoms with Crippen molar-refractivity contribution in [3.63, 3.8) is 0 Å². The van der Waals surface area contributed by atoms with Gasteiger partial charge in [-0.2, -0.15) is 0 Å². The van der Waals surface area contributed by atoms with Crippen LogP contribution in [0.15, 0.2) is 18.2 Å². The molecular formula is C17H26N2. The Kier molecular flexibility index (Phi) is 4.07. The monoisotopic (exact) mass is 258 g/mol. The van der Waals surface area contributed by atoms with E-state index in [1.165, 1.54) is 68.4 Å². The van der Waals surface area contributed by atoms with Gasteiger partial charge in [-0.05, 0) is 55.9 Å². The van der Waals surface area contributed by atoms with Crippen molar-refractivity contribution in [3.05, 3.63) is 29.3 Å². The fourth-order valence-electron chi connectivity index (χ4n) is 2.95. The highest BCUT2D eigenvalue weighted by atomic mass is 15.1. The van der Waals surface area contributed by atoms with Gasteiger partial charge in [0, 0.05) is 31.4 Å². The predicted octanol–water partition coefficient (Wildman–Crippen LogP) is 3.63. The highest BCUT2D eigenvalue weighted by Crippen LogP contribution is 2.24. The molecule has 0 bridgehead atoms. The molecule has 0 spiro atoms. The molecule has 104 valence electrons. The zero-order chi connectivity index (χ0) is 13.1. The molecule has 0 atom stereocenters. The Bertz CT molecular complexity index is 415. The Morgan fingerprint density at radius 3 is 2.47 bits per heavy atom. The third-order valence-electron chi connectivity index (χ3n) is 4.46. The predicted molar refractivity (Wildman–Crippen MR) is 81.7 cm³/mol. The van der Waals surface area contributed by atoms with Crippen LogP contribution in [0.25, 0.3) is 0 Å². The molecule has 19 heavy (non-hydrogen) atoms. The molecule has 0 aromatic heterocycles. The summed E-state index contributed by atoms with van der Waals surface area (Å²) >= 11 is 0. The van der Waals surface area contributed by atoms with Crippen LogP contribution in [0.5, 0.6) is 0 Å². The molecule has 1 heterocycles. The van der Waals surface area contributed by atoms with Crippen molar-refractivity contribution in [1.82, 2.24) is 5.32 Å². The van der Waals surface area contributed by atoms with Crippen molar-refractivity contribution < 1.29 is 0 Å². The number of hydrogen-bond acceptors (Lipinski definition) is 2. The first kappa shape index (κ1) is 13.0. The van der Waals surface area contributed by atoms with Gasteiger partial charge in [-0.1, -0.05) is 18.9 Å². The molecule has 1 saturated carbocycles. The topological polar surface area (TPSA) is 15.3 Å². The Balaban J connectivity index is 1.66. The van der Waals surface area contributed by atoms with Crippen LogP contribution in [0.1, 0.15) is 49.7 Å². The summed E-state index contributed by atoms with van der Waals surface area (Å²) in [5.41, 5.74) is 4.33. The van der Waals surface area contributed by atoms with Gasteiger partial charge in [0.2, 0.25) is 0 Å². The molecule has 1 N–H and O–H groups in total. The van der Waals surface area contributed by atoms with Crippen molar-refractivity contribution in [2.45, 2.75) is 58.0 Å². The van der Waals surface area contributed by atoms with Crippen LogP contribution >= 0.6 is 0 Å². The number of anilines is 1. The van der Waals surface area contributed by atoms with E-state index in [4.69, 9.17) is 0 Å². The van der Waals surface area contributed by atoms with Gasteiger partial charge in [-0.15, -0.1) is 0 Å². The minimum Gasteiger partial charge on any atom is -0.372 e. The third kappa shape index (κ3) is 3.50. The van der Waals surface area contributed by atoms with Crippen molar-refractivity contribution in [2.75, 3.05) is 18.0 Å². The largest absolute Gasteiger partial charge is 0.372 e. The highest BCUT2D eigenvalue weighted by Gasteiger charge is 2.20. The van der Waals surface area contributed by atoms with E-state index < -0.39 is 0 Å². The molecule has 2 aliphatic rings. The second kappa shape index (κ2) is 5.96. The van der Waals surface area contributed by atoms with E-state index >= 15 is 0 Å². The lowest BCUT2D eigenvalue weighted by Crippen LogP contribution is -2.24. The van der Waals surface area contributed by atoms with Crippen LogP contribution in [-0.4, -0.2) is 19.1 Å². The van der Waals surface area contributed by atoms with Crippen molar-refractivity contribution in [3.8, 4) is 0 Å². The van der Waals surface area contributed by atoms with Gasteiger partial charge < -0.3 is 10.2 Å². The maximum Gasteiger partial charge on any atom is 0.0369 e. The fourth-order valence-corrected chi connectivity index (χ4v) is 2.95. The highest BCUT2D eigenvalue weighted by molar-refractivity contribution is 5.51. The SMILES string of the molecule is Cc1cc(N2CCCCCC2)ccc1CNC1CC1. The third-order valence-corrected chi connectivity index (χ3v) is 4.46. The zero-order valence-corrected chi connectivity index (χ0v) is 12.1. The van der Waals surface area contributed by atoms with E-state index in [-0.39, 0.29) is 0 Å². The Morgan fingerprint density at radius 1 is 1.11 bits per heavy atom. The summed E-state index contributed by atoms with van der Waals surface area (Å²) in [5, 5.41) is 3.61. The summed E-state index contributed by atoms with van der Waals surface area (Å²) in [6.07, 6.45) is 8.24. The van der Waals surface area contributed by atoms with Crippen molar-refractivity contribution in [1.29, 1.82) is 0 Å². The smallest absolute Gasteiger partial charge is 0.0369 e. The molecule has 1 aliphatic heterocycles. The molecule has 0 amide bonds. The number of benzene rings is 1. The summed E-state index contributed by atoms with van der Waals surface area (Å²) < 4.78 is 0. The first-order valence-electron chi connectivity index (χ1n) is 7.91. The summed E-state index contributed by atoms with van der Waals surface area (Å²) in [6, 6.07) is 7.83. The minimum atomic E-state index is 0.796. The molecule has 3 rings (SSSR count). The van der Waals surface area contributed by atoms with Crippen LogP contribution in [0.2, 0.25) is 0 Å². The molecule has 2 fully saturated rings. The maximum absolute atomic E-state index is 3.61. The lowest BCUT2D eigenvalue weighted by Gasteiger charge is -2.23. The van der Waals surface area contributed by atoms with Gasteiger partial charge in [-0.3, -0.25) is 0 Å². The summed E-state index contributed by atoms with van der Waals surface area (Å²) in [5.74, 6) is 0. The van der Waals surface area contributed by atoms with Crippen LogP contribution in [0.4, 0.5) is 5.69 Å². The number of aryl methyl sites for hydroxylation is 1. The zero-order valence-electron chi connectivity index (χ0n) is 12.1. The summed E-state index contributed by atoms with van der Waals surface area (Å²) in [4.78, 5) is 2.57. The lowest BCUT2D eigenvalue weighted by molar-refractivity contribution is 0.685. The van der Waals surface area contributed by atoms with Crippen LogP contribution in [0.3, 0.4) is 0 Å². The van der Waals surface area contributed by atoms with Gasteiger partial charge in [0.05, 0.1) is 0 Å². The average molecular weight is 258 g/mol. The average Bonchev–Trinajstić information content (AvgIpc) is 3.24. The normalized spacial score (nSPS) is 20.4. The molecular weight excluding hydrogens is 232 g/mol. The van der Waals surface area contributed by atoms with E-state index in [1.54, 1.807) is 0 Å². The maximum atomic E-state index is 3.61. The van der Waals surface area contributed by atoms with Crippen LogP contribution in [0, 0.1) is 6.92 Å². The second-order valence-electron chi connectivity index (χ2n) is 6.17. The van der Waals surface area contributed by atoms with Gasteiger partial charge in [0.25, 0.3) is 0 Å². The molecule has 0 unspecified atom stereocenters. The van der Waals surface area contributed by atoms with Gasteiger partial charge in [0.1, 0.15) is 0 Å². The van der Waals surface area contributed by atoms with Gasteiger partial charge in [-0.25, -0.2) is 0 Å². The van der Waals surface area contributed by atoms with E-state index in [9.17, 15) is 0 Å². The molecule has 1 aromatic rings. The summed E-state index contributed by atoms with van der Waals surface area (Å²) in [6.45, 7) is 5.76. The second-order valence-corrected chi connectivity index (χ2v) is 6.17. The van der Waals surface area contributed by atoms with Crippen molar-refractivity contribution in [2.24, 2.45) is 0 Å². The van der Waals surface area contributed by atoms with E-state index in [0.717, 1.165) is 12.6 Å². The number of nitrogens with zero attached hydrogens (tertiary/aromatic N) is 1. The van der Waals surface area contributed by atoms with Crippen molar-refractivity contribution >= 4 is 5.69 Å². The fraction of sp³-hybridized carbons (Fsp3) is 0.647. The van der Waals surface area contributed by atoms with Gasteiger partial charge >= 0.3 is 0 Å². The van der Waals surface area contributed by atoms with E-state index in [0.29, 0.717) is 0 Å². The number of nitrogens with one attached hydrogen (secondary N) is 1. The van der Waals surface area contributed by atoms with E-state index in [1.807, 2.05) is 0 Å². The Hall–Kier alpha value is -1.02. The van der Waals surface area contributed by atoms with Crippen LogP contribution in [-0.2, 0) is 6.54 Å². The minimum absolute atomic E-state index is 0.796. The van der Waals surface area contributed by atoms with E-state index in [2.05, 4.69) is 35.3 Å². The quantitative estimate of drug-likeness (QED) is 0.887. The standard InChI is InChI=1S/C17H26N2/c1-14-12-17(19-10-4-2-3-5-11-19)9-6-15(14)13-18-16-7-8-16/h6,9,12,16,18H,2-5,7-8,10-11,13H2,1H3.